The van der Waals surface area contributed by atoms with E-state index in [4.69, 9.17) is 4.74 Å². The van der Waals surface area contributed by atoms with E-state index in [1.807, 2.05) is 12.1 Å². The summed E-state index contributed by atoms with van der Waals surface area (Å²) in [5.74, 6) is 1.41. The number of benzene rings is 2. The van der Waals surface area contributed by atoms with Crippen LogP contribution >= 0.6 is 0 Å². The van der Waals surface area contributed by atoms with E-state index in [-0.39, 0.29) is 12.0 Å². The second-order valence-corrected chi connectivity index (χ2v) is 6.97. The number of methoxy groups -OCH3 is 1. The van der Waals surface area contributed by atoms with E-state index in [2.05, 4.69) is 48.2 Å². The Bertz CT molecular complexity index is 753. The van der Waals surface area contributed by atoms with Crippen molar-refractivity contribution in [1.82, 2.24) is 0 Å². The fourth-order valence-electron chi connectivity index (χ4n) is 4.38. The molecule has 0 amide bonds. The summed E-state index contributed by atoms with van der Waals surface area (Å²) < 4.78 is 5.29. The Kier molecular flexibility index (Phi) is 3.79. The minimum Gasteiger partial charge on any atom is -0.497 e. The van der Waals surface area contributed by atoms with Gasteiger partial charge in [0.05, 0.1) is 13.2 Å². The fraction of sp³-hybridized carbons (Fsp3) is 0.381. The summed E-state index contributed by atoms with van der Waals surface area (Å²) >= 11 is 0. The summed E-state index contributed by atoms with van der Waals surface area (Å²) in [4.78, 5) is 15.0. The molecule has 24 heavy (non-hydrogen) atoms. The molecule has 5 rings (SSSR count). The van der Waals surface area contributed by atoms with Crippen LogP contribution in [0.15, 0.2) is 48.5 Å². The number of anilines is 1. The van der Waals surface area contributed by atoms with E-state index in [9.17, 15) is 4.79 Å². The summed E-state index contributed by atoms with van der Waals surface area (Å²) in [5.41, 5.74) is 3.69. The molecule has 2 bridgehead atoms. The van der Waals surface area contributed by atoms with Crippen molar-refractivity contribution in [3.05, 3.63) is 59.7 Å². The minimum atomic E-state index is 0.110. The molecule has 2 heterocycles. The number of aryl methyl sites for hydroxylation is 1. The topological polar surface area (TPSA) is 29.5 Å². The Hall–Kier alpha value is -2.29. The zero-order valence-electron chi connectivity index (χ0n) is 14.2. The van der Waals surface area contributed by atoms with E-state index in [1.165, 1.54) is 16.8 Å². The molecule has 2 aliphatic heterocycles. The number of fused-ring (bicyclic) bond motifs is 3. The lowest BCUT2D eigenvalue weighted by atomic mass is 9.71. The van der Waals surface area contributed by atoms with Crippen molar-refractivity contribution in [2.45, 2.75) is 38.3 Å². The maximum atomic E-state index is 12.6. The zero-order valence-corrected chi connectivity index (χ0v) is 14.2. The maximum Gasteiger partial charge on any atom is 0.140 e. The van der Waals surface area contributed by atoms with Gasteiger partial charge >= 0.3 is 0 Å². The summed E-state index contributed by atoms with van der Waals surface area (Å²) in [6.07, 6.45) is 2.79. The first-order valence-electron chi connectivity index (χ1n) is 8.69. The quantitative estimate of drug-likeness (QED) is 0.844. The Morgan fingerprint density at radius 3 is 2.54 bits per heavy atom. The summed E-state index contributed by atoms with van der Waals surface area (Å²) in [7, 11) is 1.69. The minimum absolute atomic E-state index is 0.110. The first-order valence-corrected chi connectivity index (χ1v) is 8.69. The van der Waals surface area contributed by atoms with Crippen LogP contribution in [0.4, 0.5) is 5.69 Å². The van der Waals surface area contributed by atoms with Crippen LogP contribution in [0.1, 0.15) is 36.4 Å². The number of Topliss-reactive ketones (excluding diaryl/α,β-unsaturated/α-hetero) is 1. The van der Waals surface area contributed by atoms with E-state index >= 15 is 0 Å². The van der Waals surface area contributed by atoms with Crippen molar-refractivity contribution < 1.29 is 9.53 Å². The molecule has 1 saturated carbocycles. The molecule has 3 heteroatoms. The summed E-state index contributed by atoms with van der Waals surface area (Å²) in [6, 6.07) is 17.3. The van der Waals surface area contributed by atoms with Gasteiger partial charge in [0.1, 0.15) is 11.5 Å². The van der Waals surface area contributed by atoms with Gasteiger partial charge < -0.3 is 9.64 Å². The van der Waals surface area contributed by atoms with Gasteiger partial charge in [0.25, 0.3) is 0 Å². The fourth-order valence-corrected chi connectivity index (χ4v) is 4.38. The third-order valence-electron chi connectivity index (χ3n) is 5.49. The zero-order chi connectivity index (χ0) is 16.7. The van der Waals surface area contributed by atoms with Gasteiger partial charge in [-0.3, -0.25) is 4.79 Å². The molecule has 0 radical (unpaired) electrons. The molecular formula is C21H23NO2. The molecule has 0 spiro atoms. The van der Waals surface area contributed by atoms with Crippen molar-refractivity contribution >= 4 is 11.5 Å². The number of piperidine rings is 2. The molecule has 3 aliphatic rings. The van der Waals surface area contributed by atoms with Gasteiger partial charge in [0.15, 0.2) is 0 Å². The smallest absolute Gasteiger partial charge is 0.140 e. The van der Waals surface area contributed by atoms with Gasteiger partial charge in [-0.05, 0) is 49.6 Å². The van der Waals surface area contributed by atoms with Crippen LogP contribution in [-0.2, 0) is 4.79 Å². The molecule has 3 nitrogen and oxygen atoms in total. The number of rotatable bonds is 3. The van der Waals surface area contributed by atoms with Gasteiger partial charge in [-0.15, -0.1) is 0 Å². The maximum absolute atomic E-state index is 12.6. The van der Waals surface area contributed by atoms with Crippen molar-refractivity contribution in [3.8, 4) is 5.75 Å². The molecular weight excluding hydrogens is 298 g/mol. The first-order chi connectivity index (χ1) is 11.7. The highest BCUT2D eigenvalue weighted by molar-refractivity contribution is 5.86. The average Bonchev–Trinajstić information content (AvgIpc) is 2.61. The number of carbonyl (C=O) groups excluding carboxylic acids is 1. The van der Waals surface area contributed by atoms with Crippen molar-refractivity contribution in [1.29, 1.82) is 0 Å². The third kappa shape index (κ3) is 2.48. The predicted molar refractivity (Wildman–Crippen MR) is 95.5 cm³/mol. The molecule has 0 N–H and O–H groups in total. The lowest BCUT2D eigenvalue weighted by Gasteiger charge is -2.52. The van der Waals surface area contributed by atoms with Gasteiger partial charge in [0.2, 0.25) is 0 Å². The van der Waals surface area contributed by atoms with Crippen LogP contribution in [0, 0.1) is 12.8 Å². The monoisotopic (exact) mass is 321 g/mol. The van der Waals surface area contributed by atoms with Crippen molar-refractivity contribution in [3.63, 3.8) is 0 Å². The Balaban J connectivity index is 1.78. The normalized spacial score (nSPS) is 25.8. The number of carbonyl (C=O) groups is 1. The Morgan fingerprint density at radius 1 is 1.08 bits per heavy atom. The van der Waals surface area contributed by atoms with Crippen LogP contribution < -0.4 is 9.64 Å². The number of ether oxygens (including phenoxy) is 1. The number of hydrogen-bond donors (Lipinski definition) is 0. The van der Waals surface area contributed by atoms with Crippen LogP contribution in [0.5, 0.6) is 5.75 Å². The van der Waals surface area contributed by atoms with Crippen molar-refractivity contribution in [2.75, 3.05) is 12.0 Å². The van der Waals surface area contributed by atoms with Crippen molar-refractivity contribution in [2.24, 2.45) is 5.92 Å². The predicted octanol–water partition coefficient (Wildman–Crippen LogP) is 4.30. The second kappa shape index (κ2) is 5.97. The summed E-state index contributed by atoms with van der Waals surface area (Å²) in [6.45, 7) is 2.12. The van der Waals surface area contributed by atoms with Gasteiger partial charge in [0, 0.05) is 24.1 Å². The van der Waals surface area contributed by atoms with Gasteiger partial charge in [-0.1, -0.05) is 29.8 Å². The Labute approximate surface area is 143 Å². The summed E-state index contributed by atoms with van der Waals surface area (Å²) in [5, 5.41) is 0. The number of ketones is 1. The molecule has 2 aromatic carbocycles. The molecule has 3 fully saturated rings. The van der Waals surface area contributed by atoms with Gasteiger partial charge in [-0.2, -0.15) is 0 Å². The molecule has 0 aromatic heterocycles. The largest absolute Gasteiger partial charge is 0.497 e. The van der Waals surface area contributed by atoms with Crippen LogP contribution in [-0.4, -0.2) is 18.9 Å². The SMILES string of the molecule is COc1ccc(N2[C@H]3CC[C@H](C(=O)C3)[C@@H]2c2cccc(C)c2)cc1. The molecule has 2 aromatic rings. The Morgan fingerprint density at radius 2 is 1.88 bits per heavy atom. The van der Waals surface area contributed by atoms with Crippen LogP contribution in [0.25, 0.3) is 0 Å². The highest BCUT2D eigenvalue weighted by atomic mass is 16.5. The average molecular weight is 321 g/mol. The third-order valence-corrected chi connectivity index (χ3v) is 5.49. The van der Waals surface area contributed by atoms with E-state index < -0.39 is 0 Å². The lowest BCUT2D eigenvalue weighted by molar-refractivity contribution is -0.128. The van der Waals surface area contributed by atoms with Gasteiger partial charge in [-0.25, -0.2) is 0 Å². The number of nitrogens with zero attached hydrogens (tertiary/aromatic N) is 1. The van der Waals surface area contributed by atoms with E-state index in [0.717, 1.165) is 18.6 Å². The lowest BCUT2D eigenvalue weighted by Crippen LogP contribution is -2.54. The van der Waals surface area contributed by atoms with Crippen LogP contribution in [0.2, 0.25) is 0 Å². The number of hydrogen-bond acceptors (Lipinski definition) is 3. The second-order valence-electron chi connectivity index (χ2n) is 6.97. The van der Waals surface area contributed by atoms with Crippen LogP contribution in [0.3, 0.4) is 0 Å². The standard InChI is InChI=1S/C21H23NO2/c1-14-4-3-5-15(12-14)21-19-11-8-17(13-20(19)23)22(21)16-6-9-18(24-2)10-7-16/h3-7,9-10,12,17,19,21H,8,11,13H2,1-2H3/t17-,19+,21-/m0/s1. The van der Waals surface area contributed by atoms with E-state index in [0.29, 0.717) is 18.2 Å². The molecule has 0 unspecified atom stereocenters. The highest BCUT2D eigenvalue weighted by Crippen LogP contribution is 2.48. The molecule has 1 aliphatic carbocycles. The molecule has 2 saturated heterocycles. The molecule has 124 valence electrons. The highest BCUT2D eigenvalue weighted by Gasteiger charge is 2.47. The molecule has 3 atom stereocenters. The van der Waals surface area contributed by atoms with E-state index in [1.54, 1.807) is 7.11 Å². The first kappa shape index (κ1) is 15.3.